The Hall–Kier alpha value is -0.130. The molecule has 0 aromatic heterocycles. The van der Waals surface area contributed by atoms with Crippen molar-refractivity contribution in [3.05, 3.63) is 0 Å². The average molecular weight is 247 g/mol. The minimum absolute atomic E-state index is 0.106. The van der Waals surface area contributed by atoms with Crippen molar-refractivity contribution in [2.75, 3.05) is 26.3 Å². The molecule has 2 saturated heterocycles. The molecule has 0 aliphatic carbocycles. The lowest BCUT2D eigenvalue weighted by atomic mass is 9.95. The first-order chi connectivity index (χ1) is 7.53. The normalized spacial score (nSPS) is 37.8. The van der Waals surface area contributed by atoms with Crippen LogP contribution >= 0.6 is 0 Å². The van der Waals surface area contributed by atoms with Gasteiger partial charge in [-0.3, -0.25) is 0 Å². The predicted molar refractivity (Wildman–Crippen MR) is 62.7 cm³/mol. The zero-order chi connectivity index (χ0) is 11.8. The zero-order valence-electron chi connectivity index (χ0n) is 10.1. The van der Waals surface area contributed by atoms with Crippen molar-refractivity contribution >= 4 is 10.0 Å². The summed E-state index contributed by atoms with van der Waals surface area (Å²) >= 11 is 0. The molecule has 0 aromatic rings. The van der Waals surface area contributed by atoms with Crippen LogP contribution in [0.4, 0.5) is 0 Å². The lowest BCUT2D eigenvalue weighted by molar-refractivity contribution is 0.0291. The molecule has 4 nitrogen and oxygen atoms in total. The van der Waals surface area contributed by atoms with Crippen LogP contribution in [0.15, 0.2) is 0 Å². The van der Waals surface area contributed by atoms with E-state index in [2.05, 4.69) is 0 Å². The van der Waals surface area contributed by atoms with Crippen LogP contribution in [-0.2, 0) is 14.8 Å². The molecule has 2 aliphatic rings. The van der Waals surface area contributed by atoms with Gasteiger partial charge in [0.05, 0.1) is 18.5 Å². The molecule has 0 spiro atoms. The summed E-state index contributed by atoms with van der Waals surface area (Å²) in [4.78, 5) is 0. The highest BCUT2D eigenvalue weighted by atomic mass is 32.2. The second-order valence-electron chi connectivity index (χ2n) is 5.11. The van der Waals surface area contributed by atoms with Crippen molar-refractivity contribution < 1.29 is 13.2 Å². The highest BCUT2D eigenvalue weighted by Crippen LogP contribution is 2.30. The van der Waals surface area contributed by atoms with Gasteiger partial charge in [-0.25, -0.2) is 12.7 Å². The summed E-state index contributed by atoms with van der Waals surface area (Å²) in [5, 5.41) is -0.251. The summed E-state index contributed by atoms with van der Waals surface area (Å²) in [7, 11) is -3.11. The third kappa shape index (κ3) is 2.13. The van der Waals surface area contributed by atoms with Crippen molar-refractivity contribution in [2.24, 2.45) is 11.8 Å². The Morgan fingerprint density at radius 1 is 1.06 bits per heavy atom. The first kappa shape index (κ1) is 12.3. The Morgan fingerprint density at radius 2 is 1.56 bits per heavy atom. The number of rotatable bonds is 2. The van der Waals surface area contributed by atoms with E-state index < -0.39 is 10.0 Å². The molecule has 0 bridgehead atoms. The maximum Gasteiger partial charge on any atom is 0.217 e. The molecule has 2 heterocycles. The second kappa shape index (κ2) is 4.63. The predicted octanol–water partition coefficient (Wildman–Crippen LogP) is 1.08. The van der Waals surface area contributed by atoms with Gasteiger partial charge in [0.1, 0.15) is 0 Å². The van der Waals surface area contributed by atoms with Gasteiger partial charge >= 0.3 is 0 Å². The second-order valence-corrected chi connectivity index (χ2v) is 7.20. The first-order valence-electron chi connectivity index (χ1n) is 6.10. The zero-order valence-corrected chi connectivity index (χ0v) is 10.9. The monoisotopic (exact) mass is 247 g/mol. The van der Waals surface area contributed by atoms with Crippen LogP contribution in [-0.4, -0.2) is 44.3 Å². The van der Waals surface area contributed by atoms with Gasteiger partial charge in [0.15, 0.2) is 0 Å². The number of hydrogen-bond acceptors (Lipinski definition) is 3. The molecule has 94 valence electrons. The number of ether oxygens (including phenoxy) is 1. The van der Waals surface area contributed by atoms with E-state index in [4.69, 9.17) is 4.74 Å². The molecular weight excluding hydrogens is 226 g/mol. The van der Waals surface area contributed by atoms with Crippen molar-refractivity contribution in [3.8, 4) is 0 Å². The maximum absolute atomic E-state index is 12.5. The molecule has 0 N–H and O–H groups in total. The number of hydrogen-bond donors (Lipinski definition) is 0. The van der Waals surface area contributed by atoms with E-state index >= 15 is 0 Å². The number of nitrogens with zero attached hydrogens (tertiary/aromatic N) is 1. The summed E-state index contributed by atoms with van der Waals surface area (Å²) in [6.07, 6.45) is 2.01. The highest BCUT2D eigenvalue weighted by Gasteiger charge is 2.42. The summed E-state index contributed by atoms with van der Waals surface area (Å²) < 4.78 is 32.0. The fraction of sp³-hybridized carbons (Fsp3) is 1.00. The molecule has 2 rings (SSSR count). The molecule has 5 heteroatoms. The van der Waals surface area contributed by atoms with Gasteiger partial charge in [0.25, 0.3) is 0 Å². The molecule has 2 atom stereocenters. The van der Waals surface area contributed by atoms with Crippen LogP contribution in [0.3, 0.4) is 0 Å². The summed E-state index contributed by atoms with van der Waals surface area (Å²) in [6, 6.07) is 0. The van der Waals surface area contributed by atoms with E-state index in [-0.39, 0.29) is 17.1 Å². The van der Waals surface area contributed by atoms with Crippen LogP contribution in [0, 0.1) is 11.8 Å². The van der Waals surface area contributed by atoms with Crippen molar-refractivity contribution in [2.45, 2.75) is 31.9 Å². The van der Waals surface area contributed by atoms with Gasteiger partial charge < -0.3 is 4.74 Å². The van der Waals surface area contributed by atoms with Crippen molar-refractivity contribution in [1.82, 2.24) is 4.31 Å². The lowest BCUT2D eigenvalue weighted by Crippen LogP contribution is -2.48. The highest BCUT2D eigenvalue weighted by molar-refractivity contribution is 7.89. The first-order valence-corrected chi connectivity index (χ1v) is 7.60. The topological polar surface area (TPSA) is 46.6 Å². The van der Waals surface area contributed by atoms with E-state index in [0.29, 0.717) is 26.3 Å². The van der Waals surface area contributed by atoms with Crippen LogP contribution in [0.5, 0.6) is 0 Å². The van der Waals surface area contributed by atoms with Gasteiger partial charge in [-0.15, -0.1) is 0 Å². The molecule has 2 fully saturated rings. The minimum atomic E-state index is -3.11. The standard InChI is InChI=1S/C11H21NO3S/c1-9-7-15-8-10(2)11(9)16(13,14)12-5-3-4-6-12/h9-11H,3-8H2,1-2H3. The molecule has 16 heavy (non-hydrogen) atoms. The van der Waals surface area contributed by atoms with Crippen LogP contribution < -0.4 is 0 Å². The molecule has 2 aliphatic heterocycles. The van der Waals surface area contributed by atoms with Crippen LogP contribution in [0.1, 0.15) is 26.7 Å². The molecular formula is C11H21NO3S. The fourth-order valence-electron chi connectivity index (χ4n) is 2.89. The quantitative estimate of drug-likeness (QED) is 0.733. The smallest absolute Gasteiger partial charge is 0.217 e. The Bertz CT molecular complexity index is 325. The number of sulfonamides is 1. The van der Waals surface area contributed by atoms with E-state index in [9.17, 15) is 8.42 Å². The largest absolute Gasteiger partial charge is 0.381 e. The fourth-order valence-corrected chi connectivity index (χ4v) is 5.34. The molecule has 0 aromatic carbocycles. The van der Waals surface area contributed by atoms with Crippen molar-refractivity contribution in [3.63, 3.8) is 0 Å². The molecule has 2 unspecified atom stereocenters. The Morgan fingerprint density at radius 3 is 2.06 bits per heavy atom. The lowest BCUT2D eigenvalue weighted by Gasteiger charge is -2.36. The third-order valence-electron chi connectivity index (χ3n) is 3.65. The van der Waals surface area contributed by atoms with E-state index in [1.165, 1.54) is 0 Å². The third-order valence-corrected chi connectivity index (χ3v) is 6.35. The van der Waals surface area contributed by atoms with E-state index in [1.54, 1.807) is 4.31 Å². The van der Waals surface area contributed by atoms with Gasteiger partial charge in [0.2, 0.25) is 10.0 Å². The van der Waals surface area contributed by atoms with Crippen LogP contribution in [0.2, 0.25) is 0 Å². The van der Waals surface area contributed by atoms with E-state index in [1.807, 2.05) is 13.8 Å². The molecule has 0 radical (unpaired) electrons. The van der Waals surface area contributed by atoms with Crippen LogP contribution in [0.25, 0.3) is 0 Å². The Kier molecular flexibility index (Phi) is 3.56. The Labute approximate surface area is 98.0 Å². The summed E-state index contributed by atoms with van der Waals surface area (Å²) in [5.41, 5.74) is 0. The van der Waals surface area contributed by atoms with Crippen molar-refractivity contribution in [1.29, 1.82) is 0 Å². The van der Waals surface area contributed by atoms with E-state index in [0.717, 1.165) is 12.8 Å². The van der Waals surface area contributed by atoms with Gasteiger partial charge in [-0.2, -0.15) is 0 Å². The summed E-state index contributed by atoms with van der Waals surface area (Å²) in [5.74, 6) is 0.212. The molecule has 0 amide bonds. The average Bonchev–Trinajstić information content (AvgIpc) is 2.69. The van der Waals surface area contributed by atoms with Gasteiger partial charge in [-0.05, 0) is 24.7 Å². The maximum atomic E-state index is 12.5. The van der Waals surface area contributed by atoms with Gasteiger partial charge in [0, 0.05) is 13.1 Å². The SMILES string of the molecule is CC1COCC(C)C1S(=O)(=O)N1CCCC1. The summed E-state index contributed by atoms with van der Waals surface area (Å²) in [6.45, 7) is 6.52. The molecule has 0 saturated carbocycles. The minimum Gasteiger partial charge on any atom is -0.381 e. The Balaban J connectivity index is 2.20. The van der Waals surface area contributed by atoms with Gasteiger partial charge in [-0.1, -0.05) is 13.8 Å².